The van der Waals surface area contributed by atoms with Crippen LogP contribution in [0.1, 0.15) is 30.0 Å². The topological polar surface area (TPSA) is 46.2 Å². The van der Waals surface area contributed by atoms with Crippen molar-refractivity contribution < 1.29 is 5.11 Å². The Kier molecular flexibility index (Phi) is 3.29. The van der Waals surface area contributed by atoms with Crippen LogP contribution >= 0.6 is 0 Å². The quantitative estimate of drug-likeness (QED) is 0.769. The molecule has 0 saturated heterocycles. The summed E-state index contributed by atoms with van der Waals surface area (Å²) in [6.45, 7) is 6.25. The third-order valence-electron chi connectivity index (χ3n) is 2.82. The molecule has 14 heavy (non-hydrogen) atoms. The van der Waals surface area contributed by atoms with Crippen LogP contribution in [-0.2, 0) is 5.60 Å². The predicted octanol–water partition coefficient (Wildman–Crippen LogP) is 1.86. The van der Waals surface area contributed by atoms with Gasteiger partial charge in [0.25, 0.3) is 0 Å². The molecule has 1 unspecified atom stereocenters. The maximum absolute atomic E-state index is 10.3. The average molecular weight is 193 g/mol. The van der Waals surface area contributed by atoms with E-state index in [2.05, 4.69) is 0 Å². The fourth-order valence-corrected chi connectivity index (χ4v) is 1.68. The summed E-state index contributed by atoms with van der Waals surface area (Å²) in [5, 5.41) is 10.3. The Morgan fingerprint density at radius 3 is 2.50 bits per heavy atom. The Hall–Kier alpha value is -0.860. The first-order valence-electron chi connectivity index (χ1n) is 5.03. The molecule has 2 heteroatoms. The van der Waals surface area contributed by atoms with E-state index in [9.17, 15) is 5.11 Å². The largest absolute Gasteiger partial charge is 0.384 e. The molecule has 0 heterocycles. The van der Waals surface area contributed by atoms with Gasteiger partial charge >= 0.3 is 0 Å². The van der Waals surface area contributed by atoms with Crippen LogP contribution in [0.4, 0.5) is 0 Å². The molecule has 0 radical (unpaired) electrons. The Bertz CT molecular complexity index is 316. The van der Waals surface area contributed by atoms with Gasteiger partial charge in [-0.1, -0.05) is 30.7 Å². The van der Waals surface area contributed by atoms with Gasteiger partial charge in [0.05, 0.1) is 0 Å². The summed E-state index contributed by atoms with van der Waals surface area (Å²) in [5.74, 6) is 0. The van der Waals surface area contributed by atoms with E-state index in [0.717, 1.165) is 16.7 Å². The van der Waals surface area contributed by atoms with Crippen LogP contribution in [0, 0.1) is 13.8 Å². The molecule has 0 bridgehead atoms. The zero-order valence-electron chi connectivity index (χ0n) is 9.17. The van der Waals surface area contributed by atoms with Crippen molar-refractivity contribution in [1.29, 1.82) is 0 Å². The zero-order valence-corrected chi connectivity index (χ0v) is 9.17. The Balaban J connectivity index is 3.22. The lowest BCUT2D eigenvalue weighted by molar-refractivity contribution is 0.0412. The van der Waals surface area contributed by atoms with E-state index in [1.165, 1.54) is 0 Å². The summed E-state index contributed by atoms with van der Waals surface area (Å²) < 4.78 is 0. The molecule has 0 aliphatic rings. The molecule has 0 amide bonds. The lowest BCUT2D eigenvalue weighted by Crippen LogP contribution is -2.34. The van der Waals surface area contributed by atoms with E-state index in [1.54, 1.807) is 0 Å². The van der Waals surface area contributed by atoms with Gasteiger partial charge in [-0.05, 0) is 31.4 Å². The summed E-state index contributed by atoms with van der Waals surface area (Å²) in [5.41, 5.74) is 7.97. The Labute approximate surface area is 85.8 Å². The standard InChI is InChI=1S/C12H19NO/c1-4-12(14,8-13)11-7-9(2)5-6-10(11)3/h5-7,14H,4,8,13H2,1-3H3. The first-order valence-corrected chi connectivity index (χ1v) is 5.03. The number of aliphatic hydroxyl groups is 1. The van der Waals surface area contributed by atoms with Crippen molar-refractivity contribution in [2.24, 2.45) is 5.73 Å². The van der Waals surface area contributed by atoms with Gasteiger partial charge in [-0.25, -0.2) is 0 Å². The minimum absolute atomic E-state index is 0.272. The van der Waals surface area contributed by atoms with Gasteiger partial charge in [-0.15, -0.1) is 0 Å². The maximum Gasteiger partial charge on any atom is 0.102 e. The molecule has 1 aromatic rings. The first-order chi connectivity index (χ1) is 6.53. The highest BCUT2D eigenvalue weighted by molar-refractivity contribution is 5.35. The lowest BCUT2D eigenvalue weighted by atomic mass is 9.87. The molecule has 1 rings (SSSR count). The van der Waals surface area contributed by atoms with Gasteiger partial charge < -0.3 is 10.8 Å². The molecule has 0 aromatic heterocycles. The smallest absolute Gasteiger partial charge is 0.102 e. The molecule has 0 saturated carbocycles. The number of hydrogen-bond donors (Lipinski definition) is 2. The minimum Gasteiger partial charge on any atom is -0.384 e. The number of hydrogen-bond acceptors (Lipinski definition) is 2. The van der Waals surface area contributed by atoms with Gasteiger partial charge in [-0.3, -0.25) is 0 Å². The monoisotopic (exact) mass is 193 g/mol. The van der Waals surface area contributed by atoms with Crippen molar-refractivity contribution in [1.82, 2.24) is 0 Å². The molecule has 2 nitrogen and oxygen atoms in total. The summed E-state index contributed by atoms with van der Waals surface area (Å²) in [6.07, 6.45) is 0.647. The summed E-state index contributed by atoms with van der Waals surface area (Å²) in [7, 11) is 0. The zero-order chi connectivity index (χ0) is 10.8. The van der Waals surface area contributed by atoms with Crippen molar-refractivity contribution in [3.8, 4) is 0 Å². The van der Waals surface area contributed by atoms with Crippen LogP contribution in [0.2, 0.25) is 0 Å². The highest BCUT2D eigenvalue weighted by Gasteiger charge is 2.26. The van der Waals surface area contributed by atoms with Crippen LogP contribution in [0.3, 0.4) is 0 Å². The highest BCUT2D eigenvalue weighted by Crippen LogP contribution is 2.27. The van der Waals surface area contributed by atoms with Gasteiger partial charge in [0.15, 0.2) is 0 Å². The second-order valence-corrected chi connectivity index (χ2v) is 3.91. The van der Waals surface area contributed by atoms with Gasteiger partial charge in [0, 0.05) is 6.54 Å². The number of aryl methyl sites for hydroxylation is 2. The van der Waals surface area contributed by atoms with Crippen LogP contribution in [0.15, 0.2) is 18.2 Å². The third-order valence-corrected chi connectivity index (χ3v) is 2.82. The fourth-order valence-electron chi connectivity index (χ4n) is 1.68. The Morgan fingerprint density at radius 1 is 1.36 bits per heavy atom. The van der Waals surface area contributed by atoms with Crippen molar-refractivity contribution in [2.75, 3.05) is 6.54 Å². The SMILES string of the molecule is CCC(O)(CN)c1cc(C)ccc1C. The summed E-state index contributed by atoms with van der Waals surface area (Å²) in [6, 6.07) is 6.10. The Morgan fingerprint density at radius 2 is 2.00 bits per heavy atom. The van der Waals surface area contributed by atoms with Crippen LogP contribution in [0.5, 0.6) is 0 Å². The van der Waals surface area contributed by atoms with Gasteiger partial charge in [-0.2, -0.15) is 0 Å². The van der Waals surface area contributed by atoms with Crippen LogP contribution in [0.25, 0.3) is 0 Å². The molecule has 1 atom stereocenters. The third kappa shape index (κ3) is 1.97. The molecular weight excluding hydrogens is 174 g/mol. The van der Waals surface area contributed by atoms with E-state index in [4.69, 9.17) is 5.73 Å². The predicted molar refractivity (Wildman–Crippen MR) is 59.2 cm³/mol. The average Bonchev–Trinajstić information content (AvgIpc) is 2.20. The van der Waals surface area contributed by atoms with Gasteiger partial charge in [0.1, 0.15) is 5.60 Å². The molecule has 0 fully saturated rings. The van der Waals surface area contributed by atoms with E-state index in [1.807, 2.05) is 39.0 Å². The molecule has 0 aliphatic heterocycles. The molecular formula is C12H19NO. The van der Waals surface area contributed by atoms with Crippen molar-refractivity contribution in [3.63, 3.8) is 0 Å². The molecule has 1 aromatic carbocycles. The van der Waals surface area contributed by atoms with Gasteiger partial charge in [0.2, 0.25) is 0 Å². The fraction of sp³-hybridized carbons (Fsp3) is 0.500. The minimum atomic E-state index is -0.865. The highest BCUT2D eigenvalue weighted by atomic mass is 16.3. The van der Waals surface area contributed by atoms with Crippen LogP contribution < -0.4 is 5.73 Å². The number of rotatable bonds is 3. The maximum atomic E-state index is 10.3. The normalized spacial score (nSPS) is 15.2. The van der Waals surface area contributed by atoms with Crippen molar-refractivity contribution in [3.05, 3.63) is 34.9 Å². The lowest BCUT2D eigenvalue weighted by Gasteiger charge is -2.27. The number of benzene rings is 1. The van der Waals surface area contributed by atoms with E-state index >= 15 is 0 Å². The van der Waals surface area contributed by atoms with E-state index in [0.29, 0.717) is 6.42 Å². The second-order valence-electron chi connectivity index (χ2n) is 3.91. The summed E-state index contributed by atoms with van der Waals surface area (Å²) >= 11 is 0. The van der Waals surface area contributed by atoms with Crippen LogP contribution in [-0.4, -0.2) is 11.7 Å². The number of nitrogens with two attached hydrogens (primary N) is 1. The van der Waals surface area contributed by atoms with E-state index in [-0.39, 0.29) is 6.54 Å². The summed E-state index contributed by atoms with van der Waals surface area (Å²) in [4.78, 5) is 0. The first kappa shape index (κ1) is 11.2. The molecule has 3 N–H and O–H groups in total. The molecule has 78 valence electrons. The molecule has 0 aliphatic carbocycles. The van der Waals surface area contributed by atoms with Crippen molar-refractivity contribution >= 4 is 0 Å². The van der Waals surface area contributed by atoms with E-state index < -0.39 is 5.60 Å². The van der Waals surface area contributed by atoms with Crippen molar-refractivity contribution in [2.45, 2.75) is 32.8 Å². The second kappa shape index (κ2) is 4.11. The molecule has 0 spiro atoms.